The molecule has 1 saturated carbocycles. The van der Waals surface area contributed by atoms with Crippen molar-refractivity contribution in [3.05, 3.63) is 0 Å². The van der Waals surface area contributed by atoms with Crippen LogP contribution in [-0.2, 0) is 0 Å². The van der Waals surface area contributed by atoms with Crippen LogP contribution in [0.4, 0.5) is 0 Å². The zero-order valence-corrected chi connectivity index (χ0v) is 11.3. The lowest BCUT2D eigenvalue weighted by Gasteiger charge is -2.42. The average molecular weight is 229 g/mol. The Morgan fingerprint density at radius 3 is 2.60 bits per heavy atom. The molecule has 1 nitrogen and oxygen atoms in total. The maximum Gasteiger partial charge on any atom is 0.000781 e. The molecule has 0 heterocycles. The van der Waals surface area contributed by atoms with E-state index in [2.05, 4.69) is 30.9 Å². The normalized spacial score (nSPS) is 18.8. The molecule has 0 bridgehead atoms. The van der Waals surface area contributed by atoms with Gasteiger partial charge >= 0.3 is 0 Å². The SMILES string of the molecule is CCCNCC1(CCCSCC)CCC1. The van der Waals surface area contributed by atoms with E-state index in [-0.39, 0.29) is 0 Å². The minimum atomic E-state index is 0.698. The largest absolute Gasteiger partial charge is 0.316 e. The predicted molar refractivity (Wildman–Crippen MR) is 71.7 cm³/mol. The number of hydrogen-bond acceptors (Lipinski definition) is 2. The highest BCUT2D eigenvalue weighted by molar-refractivity contribution is 7.99. The Hall–Kier alpha value is 0.310. The van der Waals surface area contributed by atoms with Gasteiger partial charge in [0.15, 0.2) is 0 Å². The first-order chi connectivity index (χ1) is 7.33. The molecule has 0 atom stereocenters. The minimum absolute atomic E-state index is 0.698. The Bertz CT molecular complexity index is 155. The van der Waals surface area contributed by atoms with Gasteiger partial charge in [0.05, 0.1) is 0 Å². The molecule has 0 unspecified atom stereocenters. The Morgan fingerprint density at radius 1 is 1.27 bits per heavy atom. The van der Waals surface area contributed by atoms with Crippen LogP contribution in [0.2, 0.25) is 0 Å². The fraction of sp³-hybridized carbons (Fsp3) is 1.00. The van der Waals surface area contributed by atoms with Gasteiger partial charge in [-0.05, 0) is 55.6 Å². The van der Waals surface area contributed by atoms with Crippen molar-refractivity contribution in [2.45, 2.75) is 52.4 Å². The summed E-state index contributed by atoms with van der Waals surface area (Å²) >= 11 is 2.09. The third-order valence-corrected chi connectivity index (χ3v) is 4.53. The first-order valence-electron chi connectivity index (χ1n) is 6.61. The number of rotatable bonds is 9. The van der Waals surface area contributed by atoms with Crippen molar-refractivity contribution in [2.75, 3.05) is 24.6 Å². The molecule has 0 radical (unpaired) electrons. The van der Waals surface area contributed by atoms with E-state index in [0.717, 1.165) is 0 Å². The van der Waals surface area contributed by atoms with E-state index in [9.17, 15) is 0 Å². The minimum Gasteiger partial charge on any atom is -0.316 e. The van der Waals surface area contributed by atoms with E-state index in [1.165, 1.54) is 63.1 Å². The van der Waals surface area contributed by atoms with E-state index >= 15 is 0 Å². The zero-order chi connectivity index (χ0) is 11.0. The third kappa shape index (κ3) is 4.78. The van der Waals surface area contributed by atoms with E-state index in [1.807, 2.05) is 0 Å². The van der Waals surface area contributed by atoms with E-state index < -0.39 is 0 Å². The van der Waals surface area contributed by atoms with Gasteiger partial charge in [0.2, 0.25) is 0 Å². The molecule has 1 aliphatic rings. The van der Waals surface area contributed by atoms with Gasteiger partial charge in [0.25, 0.3) is 0 Å². The number of nitrogens with one attached hydrogen (secondary N) is 1. The standard InChI is InChI=1S/C13H27NS/c1-3-10-14-12-13(7-5-8-13)9-6-11-15-4-2/h14H,3-12H2,1-2H3. The summed E-state index contributed by atoms with van der Waals surface area (Å²) in [5.74, 6) is 2.65. The fourth-order valence-corrected chi connectivity index (χ4v) is 3.05. The second kappa shape index (κ2) is 7.56. The van der Waals surface area contributed by atoms with Crippen molar-refractivity contribution in [3.63, 3.8) is 0 Å². The molecule has 0 aromatic rings. The van der Waals surface area contributed by atoms with E-state index in [1.54, 1.807) is 0 Å². The molecule has 1 rings (SSSR count). The van der Waals surface area contributed by atoms with Crippen LogP contribution >= 0.6 is 11.8 Å². The van der Waals surface area contributed by atoms with Crippen LogP contribution in [0.15, 0.2) is 0 Å². The zero-order valence-electron chi connectivity index (χ0n) is 10.5. The highest BCUT2D eigenvalue weighted by atomic mass is 32.2. The second-order valence-corrected chi connectivity index (χ2v) is 6.22. The molecule has 0 aliphatic heterocycles. The lowest BCUT2D eigenvalue weighted by molar-refractivity contribution is 0.116. The van der Waals surface area contributed by atoms with Crippen LogP contribution in [-0.4, -0.2) is 24.6 Å². The summed E-state index contributed by atoms with van der Waals surface area (Å²) in [6.45, 7) is 6.98. The van der Waals surface area contributed by atoms with Crippen LogP contribution in [0, 0.1) is 5.41 Å². The van der Waals surface area contributed by atoms with Crippen LogP contribution in [0.25, 0.3) is 0 Å². The van der Waals surface area contributed by atoms with Crippen molar-refractivity contribution in [1.82, 2.24) is 5.32 Å². The monoisotopic (exact) mass is 229 g/mol. The molecule has 1 fully saturated rings. The summed E-state index contributed by atoms with van der Waals surface area (Å²) in [6, 6.07) is 0. The summed E-state index contributed by atoms with van der Waals surface area (Å²) < 4.78 is 0. The Labute approximate surface area is 99.8 Å². The van der Waals surface area contributed by atoms with E-state index in [4.69, 9.17) is 0 Å². The summed E-state index contributed by atoms with van der Waals surface area (Å²) in [7, 11) is 0. The Kier molecular flexibility index (Phi) is 6.74. The maximum absolute atomic E-state index is 3.61. The van der Waals surface area contributed by atoms with Crippen molar-refractivity contribution in [1.29, 1.82) is 0 Å². The van der Waals surface area contributed by atoms with Gasteiger partial charge in [0, 0.05) is 6.54 Å². The van der Waals surface area contributed by atoms with Crippen LogP contribution in [0.5, 0.6) is 0 Å². The highest BCUT2D eigenvalue weighted by Crippen LogP contribution is 2.44. The molecule has 2 heteroatoms. The molecule has 1 aliphatic carbocycles. The molecule has 0 spiro atoms. The van der Waals surface area contributed by atoms with Crippen molar-refractivity contribution < 1.29 is 0 Å². The smallest absolute Gasteiger partial charge is 0.000781 e. The molecule has 15 heavy (non-hydrogen) atoms. The van der Waals surface area contributed by atoms with Gasteiger partial charge in [-0.1, -0.05) is 20.3 Å². The first-order valence-corrected chi connectivity index (χ1v) is 7.77. The quantitative estimate of drug-likeness (QED) is 0.605. The summed E-state index contributed by atoms with van der Waals surface area (Å²) in [6.07, 6.45) is 8.56. The first kappa shape index (κ1) is 13.4. The second-order valence-electron chi connectivity index (χ2n) is 4.83. The number of hydrogen-bond donors (Lipinski definition) is 1. The lowest BCUT2D eigenvalue weighted by Crippen LogP contribution is -2.40. The van der Waals surface area contributed by atoms with Gasteiger partial charge in [-0.3, -0.25) is 0 Å². The Balaban J connectivity index is 2.09. The van der Waals surface area contributed by atoms with Crippen molar-refractivity contribution in [2.24, 2.45) is 5.41 Å². The van der Waals surface area contributed by atoms with Gasteiger partial charge in [-0.2, -0.15) is 11.8 Å². The van der Waals surface area contributed by atoms with E-state index in [0.29, 0.717) is 5.41 Å². The molecular weight excluding hydrogens is 202 g/mol. The summed E-state index contributed by atoms with van der Waals surface area (Å²) in [4.78, 5) is 0. The third-order valence-electron chi connectivity index (χ3n) is 3.54. The summed E-state index contributed by atoms with van der Waals surface area (Å²) in [5.41, 5.74) is 0.698. The van der Waals surface area contributed by atoms with Crippen molar-refractivity contribution >= 4 is 11.8 Å². The van der Waals surface area contributed by atoms with Crippen LogP contribution in [0.3, 0.4) is 0 Å². The topological polar surface area (TPSA) is 12.0 Å². The maximum atomic E-state index is 3.61. The highest BCUT2D eigenvalue weighted by Gasteiger charge is 2.35. The fourth-order valence-electron chi connectivity index (χ4n) is 2.42. The molecule has 0 saturated heterocycles. The number of thioether (sulfide) groups is 1. The molecular formula is C13H27NS. The molecule has 90 valence electrons. The molecule has 0 aromatic carbocycles. The summed E-state index contributed by atoms with van der Waals surface area (Å²) in [5, 5.41) is 3.61. The predicted octanol–water partition coefficient (Wildman–Crippen LogP) is 3.69. The molecule has 0 aromatic heterocycles. The van der Waals surface area contributed by atoms with Gasteiger partial charge in [0.1, 0.15) is 0 Å². The molecule has 0 amide bonds. The van der Waals surface area contributed by atoms with Crippen LogP contribution in [0.1, 0.15) is 52.4 Å². The van der Waals surface area contributed by atoms with Gasteiger partial charge < -0.3 is 5.32 Å². The Morgan fingerprint density at radius 2 is 2.07 bits per heavy atom. The van der Waals surface area contributed by atoms with Crippen LogP contribution < -0.4 is 5.32 Å². The van der Waals surface area contributed by atoms with Gasteiger partial charge in [-0.25, -0.2) is 0 Å². The van der Waals surface area contributed by atoms with Gasteiger partial charge in [-0.15, -0.1) is 0 Å². The van der Waals surface area contributed by atoms with Crippen molar-refractivity contribution in [3.8, 4) is 0 Å². The average Bonchev–Trinajstić information content (AvgIpc) is 2.19. The lowest BCUT2D eigenvalue weighted by atomic mass is 9.66. The molecule has 1 N–H and O–H groups in total.